The normalized spacial score (nSPS) is 11.3. The number of carbonyl (C=O) groups is 2. The van der Waals surface area contributed by atoms with E-state index in [1.54, 1.807) is 18.2 Å². The highest BCUT2D eigenvalue weighted by molar-refractivity contribution is 6.17. The summed E-state index contributed by atoms with van der Waals surface area (Å²) in [5, 5.41) is 1.73. The van der Waals surface area contributed by atoms with Gasteiger partial charge in [0, 0.05) is 28.4 Å². The van der Waals surface area contributed by atoms with Crippen LogP contribution in [0.15, 0.2) is 54.6 Å². The molecule has 5 heteroatoms. The number of nitrogens with two attached hydrogens (primary N) is 2. The lowest BCUT2D eigenvalue weighted by molar-refractivity contribution is 0.0992. The predicted octanol–water partition coefficient (Wildman–Crippen LogP) is 4.57. The van der Waals surface area contributed by atoms with E-state index < -0.39 is 11.8 Å². The van der Waals surface area contributed by atoms with Gasteiger partial charge < -0.3 is 16.0 Å². The molecule has 0 spiro atoms. The fraction of sp³-hybridized carbons (Fsp3) is 0.231. The zero-order chi connectivity index (χ0) is 22.0. The first-order chi connectivity index (χ1) is 15.0. The summed E-state index contributed by atoms with van der Waals surface area (Å²) in [5.74, 6) is -0.892. The van der Waals surface area contributed by atoms with Crippen LogP contribution in [0.1, 0.15) is 58.0 Å². The van der Waals surface area contributed by atoms with Crippen LogP contribution < -0.4 is 11.5 Å². The number of unbranched alkanes of at least 4 members (excludes halogenated alkanes) is 2. The molecule has 0 aliphatic rings. The third-order valence-electron chi connectivity index (χ3n) is 5.77. The van der Waals surface area contributed by atoms with Crippen LogP contribution >= 0.6 is 0 Å². The maximum atomic E-state index is 12.1. The first-order valence-electron chi connectivity index (χ1n) is 10.6. The summed E-state index contributed by atoms with van der Waals surface area (Å²) in [6, 6.07) is 20.6. The largest absolute Gasteiger partial charge is 0.366 e. The predicted molar refractivity (Wildman–Crippen MR) is 124 cm³/mol. The second-order valence-electron chi connectivity index (χ2n) is 7.94. The van der Waals surface area contributed by atoms with Crippen LogP contribution in [0.3, 0.4) is 0 Å². The van der Waals surface area contributed by atoms with Gasteiger partial charge in [0.25, 0.3) is 0 Å². The van der Waals surface area contributed by atoms with E-state index in [4.69, 9.17) is 11.5 Å². The van der Waals surface area contributed by atoms with E-state index >= 15 is 0 Å². The summed E-state index contributed by atoms with van der Waals surface area (Å²) >= 11 is 0. The molecular formula is C26H26N3O2. The van der Waals surface area contributed by atoms with Gasteiger partial charge in [-0.2, -0.15) is 0 Å². The summed E-state index contributed by atoms with van der Waals surface area (Å²) in [7, 11) is 0. The van der Waals surface area contributed by atoms with Crippen molar-refractivity contribution in [2.24, 2.45) is 11.5 Å². The molecule has 157 valence electrons. The minimum Gasteiger partial charge on any atom is -0.366 e. The van der Waals surface area contributed by atoms with Gasteiger partial charge >= 0.3 is 0 Å². The molecule has 5 nitrogen and oxygen atoms in total. The molecule has 4 N–H and O–H groups in total. The van der Waals surface area contributed by atoms with Crippen LogP contribution in [0.2, 0.25) is 0 Å². The smallest absolute Gasteiger partial charge is 0.249 e. The van der Waals surface area contributed by atoms with Gasteiger partial charge in [0.05, 0.1) is 11.0 Å². The van der Waals surface area contributed by atoms with E-state index in [1.165, 1.54) is 18.4 Å². The lowest BCUT2D eigenvalue weighted by atomic mass is 10.0. The van der Waals surface area contributed by atoms with Crippen LogP contribution in [-0.2, 0) is 13.0 Å². The van der Waals surface area contributed by atoms with Crippen molar-refractivity contribution >= 4 is 33.6 Å². The summed E-state index contributed by atoms with van der Waals surface area (Å²) in [5.41, 5.74) is 16.3. The molecule has 4 rings (SSSR count). The zero-order valence-corrected chi connectivity index (χ0v) is 17.7. The van der Waals surface area contributed by atoms with Crippen LogP contribution in [-0.4, -0.2) is 16.4 Å². The van der Waals surface area contributed by atoms with Crippen molar-refractivity contribution in [2.45, 2.75) is 39.2 Å². The van der Waals surface area contributed by atoms with Crippen molar-refractivity contribution in [3.63, 3.8) is 0 Å². The van der Waals surface area contributed by atoms with Gasteiger partial charge in [-0.15, -0.1) is 0 Å². The van der Waals surface area contributed by atoms with E-state index in [0.29, 0.717) is 17.7 Å². The Balaban J connectivity index is 1.87. The quantitative estimate of drug-likeness (QED) is 0.415. The van der Waals surface area contributed by atoms with Gasteiger partial charge in [0.15, 0.2) is 0 Å². The number of rotatable bonds is 8. The van der Waals surface area contributed by atoms with Gasteiger partial charge in [-0.3, -0.25) is 9.59 Å². The minimum atomic E-state index is -0.448. The molecule has 1 radical (unpaired) electrons. The Morgan fingerprint density at radius 3 is 2.39 bits per heavy atom. The van der Waals surface area contributed by atoms with Crippen molar-refractivity contribution < 1.29 is 9.59 Å². The van der Waals surface area contributed by atoms with E-state index in [-0.39, 0.29) is 0 Å². The number of amides is 2. The topological polar surface area (TPSA) is 91.1 Å². The van der Waals surface area contributed by atoms with Crippen molar-refractivity contribution in [2.75, 3.05) is 0 Å². The number of fused-ring (bicyclic) bond motifs is 3. The number of benzene rings is 3. The molecule has 0 saturated carbocycles. The van der Waals surface area contributed by atoms with Gasteiger partial charge in [-0.05, 0) is 60.4 Å². The molecule has 0 fully saturated rings. The van der Waals surface area contributed by atoms with Crippen LogP contribution in [0.4, 0.5) is 0 Å². The van der Waals surface area contributed by atoms with E-state index in [9.17, 15) is 9.59 Å². The molecule has 0 bridgehead atoms. The number of carbonyl (C=O) groups excluding carboxylic acids is 2. The molecular weight excluding hydrogens is 386 g/mol. The Morgan fingerprint density at radius 1 is 0.935 bits per heavy atom. The maximum Gasteiger partial charge on any atom is 0.249 e. The lowest BCUT2D eigenvalue weighted by Crippen LogP contribution is -2.11. The van der Waals surface area contributed by atoms with Crippen LogP contribution in [0, 0.1) is 6.07 Å². The van der Waals surface area contributed by atoms with E-state index in [1.807, 2.05) is 30.3 Å². The van der Waals surface area contributed by atoms with Gasteiger partial charge in [0.2, 0.25) is 11.8 Å². The Labute approximate surface area is 181 Å². The van der Waals surface area contributed by atoms with Crippen molar-refractivity contribution in [1.82, 2.24) is 4.57 Å². The average molecular weight is 413 g/mol. The number of nitrogens with zero attached hydrogens (tertiary/aromatic N) is 1. The first-order valence-corrected chi connectivity index (χ1v) is 10.6. The molecule has 0 aliphatic carbocycles. The highest BCUT2D eigenvalue weighted by Gasteiger charge is 2.17. The fourth-order valence-corrected chi connectivity index (χ4v) is 4.16. The minimum absolute atomic E-state index is 0.444. The Bertz CT molecular complexity index is 1270. The number of hydrogen-bond acceptors (Lipinski definition) is 2. The standard InChI is InChI=1S/C26H26N3O2/c1-2-3-4-6-17-11-14-20-23(15-17)29(16-18-9-12-19(13-10-18)25(27)30)22-8-5-7-21(24(20)22)26(28)31/h5,7-13,15H,2-4,6,16H2,1H3,(H2,27,30)(H2,28,31). The molecule has 0 atom stereocenters. The van der Waals surface area contributed by atoms with Gasteiger partial charge in [-0.25, -0.2) is 0 Å². The van der Waals surface area contributed by atoms with Crippen molar-refractivity contribution in [1.29, 1.82) is 0 Å². The monoisotopic (exact) mass is 412 g/mol. The van der Waals surface area contributed by atoms with Crippen LogP contribution in [0.5, 0.6) is 0 Å². The zero-order valence-electron chi connectivity index (χ0n) is 17.7. The Kier molecular flexibility index (Phi) is 5.76. The number of hydrogen-bond donors (Lipinski definition) is 2. The summed E-state index contributed by atoms with van der Waals surface area (Å²) < 4.78 is 2.19. The highest BCUT2D eigenvalue weighted by atomic mass is 16.1. The molecule has 0 aliphatic heterocycles. The third kappa shape index (κ3) is 4.04. The molecule has 2 amide bonds. The molecule has 0 unspecified atom stereocenters. The first kappa shape index (κ1) is 20.7. The molecule has 31 heavy (non-hydrogen) atoms. The summed E-state index contributed by atoms with van der Waals surface area (Å²) in [6.07, 6.45) is 4.50. The third-order valence-corrected chi connectivity index (χ3v) is 5.77. The Morgan fingerprint density at radius 2 is 1.71 bits per heavy atom. The molecule has 1 heterocycles. The van der Waals surface area contributed by atoms with Crippen LogP contribution in [0.25, 0.3) is 21.8 Å². The number of primary amides is 2. The lowest BCUT2D eigenvalue weighted by Gasteiger charge is -2.10. The maximum absolute atomic E-state index is 12.1. The second kappa shape index (κ2) is 8.64. The number of aryl methyl sites for hydroxylation is 1. The second-order valence-corrected chi connectivity index (χ2v) is 7.94. The van der Waals surface area contributed by atoms with E-state index in [2.05, 4.69) is 23.6 Å². The summed E-state index contributed by atoms with van der Waals surface area (Å²) in [4.78, 5) is 23.5. The highest BCUT2D eigenvalue weighted by Crippen LogP contribution is 2.33. The molecule has 0 saturated heterocycles. The SMILES string of the molecule is CCCCCc1c[c]c2c3c(C(N)=O)cccc3n(Cc3ccc(C(N)=O)cc3)c2c1. The van der Waals surface area contributed by atoms with Crippen molar-refractivity contribution in [3.05, 3.63) is 82.9 Å². The summed E-state index contributed by atoms with van der Waals surface area (Å²) in [6.45, 7) is 2.79. The molecule has 3 aromatic carbocycles. The number of aromatic nitrogens is 1. The van der Waals surface area contributed by atoms with E-state index in [0.717, 1.165) is 40.2 Å². The molecule has 4 aromatic rings. The molecule has 1 aromatic heterocycles. The van der Waals surface area contributed by atoms with Gasteiger partial charge in [0.1, 0.15) is 0 Å². The van der Waals surface area contributed by atoms with Crippen molar-refractivity contribution in [3.8, 4) is 0 Å². The Hall–Kier alpha value is -3.60. The van der Waals surface area contributed by atoms with Gasteiger partial charge in [-0.1, -0.05) is 44.0 Å². The fourth-order valence-electron chi connectivity index (χ4n) is 4.16. The average Bonchev–Trinajstić information content (AvgIpc) is 3.07.